The van der Waals surface area contributed by atoms with Gasteiger partial charge in [0.15, 0.2) is 0 Å². The number of benzene rings is 3. The first kappa shape index (κ1) is 22.5. The fraction of sp³-hybridized carbons (Fsp3) is 0.290. The molecule has 0 N–H and O–H groups in total. The summed E-state index contributed by atoms with van der Waals surface area (Å²) < 4.78 is 0. The number of allylic oxidation sites excluding steroid dienone is 4. The van der Waals surface area contributed by atoms with Crippen LogP contribution in [0.25, 0.3) is 5.57 Å². The molecule has 1 aliphatic rings. The standard InChI is InChI=1S/C31H34Si/c1-19-13-14-28(22(4)16-19)31(32-27-17-20(2)15-21(3)18-27)30-25(7)23(5)24(6)29(30)26-11-9-8-10-12-26/h8-18,30-31H,1-7H3. The molecule has 0 aliphatic heterocycles. The van der Waals surface area contributed by atoms with Crippen LogP contribution in [0.15, 0.2) is 83.4 Å². The molecule has 0 heterocycles. The molecule has 3 aromatic carbocycles. The summed E-state index contributed by atoms with van der Waals surface area (Å²) in [4.78, 5) is 0. The minimum atomic E-state index is 0.401. The zero-order chi connectivity index (χ0) is 23.0. The minimum Gasteiger partial charge on any atom is -0.0630 e. The van der Waals surface area contributed by atoms with E-state index in [1.165, 1.54) is 60.9 Å². The van der Waals surface area contributed by atoms with Gasteiger partial charge in [-0.2, -0.15) is 0 Å². The minimum absolute atomic E-state index is 0.401. The van der Waals surface area contributed by atoms with Crippen molar-refractivity contribution in [1.29, 1.82) is 0 Å². The van der Waals surface area contributed by atoms with Gasteiger partial charge in [-0.1, -0.05) is 94.2 Å². The van der Waals surface area contributed by atoms with Crippen LogP contribution in [0.2, 0.25) is 0 Å². The second-order valence-corrected chi connectivity index (χ2v) is 11.0. The molecule has 162 valence electrons. The summed E-state index contributed by atoms with van der Waals surface area (Å²) in [5.74, 6) is 0.401. The van der Waals surface area contributed by atoms with Crippen molar-refractivity contribution in [3.63, 3.8) is 0 Å². The number of rotatable bonds is 5. The molecule has 2 radical (unpaired) electrons. The Hall–Kier alpha value is -2.64. The Morgan fingerprint density at radius 3 is 1.94 bits per heavy atom. The molecule has 1 aliphatic carbocycles. The van der Waals surface area contributed by atoms with E-state index >= 15 is 0 Å². The average molecular weight is 435 g/mol. The lowest BCUT2D eigenvalue weighted by Crippen LogP contribution is -2.29. The molecule has 0 saturated carbocycles. The Kier molecular flexibility index (Phi) is 6.39. The maximum Gasteiger partial charge on any atom is 0.0901 e. The monoisotopic (exact) mass is 434 g/mol. The predicted molar refractivity (Wildman–Crippen MR) is 141 cm³/mol. The Morgan fingerprint density at radius 1 is 0.656 bits per heavy atom. The van der Waals surface area contributed by atoms with Crippen molar-refractivity contribution >= 4 is 20.3 Å². The highest BCUT2D eigenvalue weighted by atomic mass is 28.2. The topological polar surface area (TPSA) is 0 Å². The second-order valence-electron chi connectivity index (χ2n) is 9.55. The van der Waals surface area contributed by atoms with Gasteiger partial charge in [-0.05, 0) is 87.4 Å². The Bertz CT molecular complexity index is 1190. The van der Waals surface area contributed by atoms with E-state index in [-0.39, 0.29) is 0 Å². The fourth-order valence-corrected chi connectivity index (χ4v) is 7.41. The molecule has 32 heavy (non-hydrogen) atoms. The van der Waals surface area contributed by atoms with Gasteiger partial charge in [-0.15, -0.1) is 0 Å². The van der Waals surface area contributed by atoms with Crippen molar-refractivity contribution in [2.24, 2.45) is 5.92 Å². The van der Waals surface area contributed by atoms with Gasteiger partial charge in [-0.25, -0.2) is 0 Å². The van der Waals surface area contributed by atoms with Crippen molar-refractivity contribution in [2.75, 3.05) is 0 Å². The van der Waals surface area contributed by atoms with E-state index in [0.29, 0.717) is 11.5 Å². The molecular weight excluding hydrogens is 400 g/mol. The van der Waals surface area contributed by atoms with Crippen molar-refractivity contribution in [3.8, 4) is 0 Å². The van der Waals surface area contributed by atoms with E-state index < -0.39 is 0 Å². The molecule has 3 aromatic rings. The molecule has 0 nitrogen and oxygen atoms in total. The lowest BCUT2D eigenvalue weighted by atomic mass is 9.83. The van der Waals surface area contributed by atoms with Gasteiger partial charge >= 0.3 is 0 Å². The van der Waals surface area contributed by atoms with Gasteiger partial charge < -0.3 is 0 Å². The van der Waals surface area contributed by atoms with Gasteiger partial charge in [0.25, 0.3) is 0 Å². The van der Waals surface area contributed by atoms with E-state index in [9.17, 15) is 0 Å². The lowest BCUT2D eigenvalue weighted by Gasteiger charge is -2.30. The molecule has 2 unspecified atom stereocenters. The highest BCUT2D eigenvalue weighted by molar-refractivity contribution is 6.55. The van der Waals surface area contributed by atoms with Crippen molar-refractivity contribution in [3.05, 3.63) is 117 Å². The first-order chi connectivity index (χ1) is 15.3. The molecule has 0 amide bonds. The summed E-state index contributed by atoms with van der Waals surface area (Å²) >= 11 is 0. The molecule has 2 atom stereocenters. The molecular formula is C31H34Si. The molecule has 0 saturated heterocycles. The smallest absolute Gasteiger partial charge is 0.0630 e. The predicted octanol–water partition coefficient (Wildman–Crippen LogP) is 7.43. The van der Waals surface area contributed by atoms with Crippen molar-refractivity contribution in [1.82, 2.24) is 0 Å². The largest absolute Gasteiger partial charge is 0.0901 e. The third kappa shape index (κ3) is 4.32. The van der Waals surface area contributed by atoms with Crippen LogP contribution in [0.3, 0.4) is 0 Å². The van der Waals surface area contributed by atoms with Crippen LogP contribution in [0, 0.1) is 33.6 Å². The van der Waals surface area contributed by atoms with Crippen LogP contribution in [-0.2, 0) is 0 Å². The fourth-order valence-electron chi connectivity index (χ4n) is 5.36. The van der Waals surface area contributed by atoms with E-state index in [0.717, 1.165) is 9.52 Å². The number of hydrogen-bond acceptors (Lipinski definition) is 0. The van der Waals surface area contributed by atoms with Gasteiger partial charge in [0.05, 0.1) is 9.52 Å². The molecule has 0 spiro atoms. The van der Waals surface area contributed by atoms with E-state index in [4.69, 9.17) is 0 Å². The van der Waals surface area contributed by atoms with E-state index in [1.807, 2.05) is 0 Å². The zero-order valence-electron chi connectivity index (χ0n) is 20.5. The van der Waals surface area contributed by atoms with Crippen LogP contribution in [-0.4, -0.2) is 9.52 Å². The Morgan fingerprint density at radius 2 is 1.31 bits per heavy atom. The summed E-state index contributed by atoms with van der Waals surface area (Å²) in [6.45, 7) is 15.9. The summed E-state index contributed by atoms with van der Waals surface area (Å²) in [5.41, 5.74) is 14.7. The van der Waals surface area contributed by atoms with Crippen LogP contribution >= 0.6 is 0 Å². The highest BCUT2D eigenvalue weighted by Gasteiger charge is 2.36. The Balaban J connectivity index is 1.90. The molecule has 0 fully saturated rings. The lowest BCUT2D eigenvalue weighted by molar-refractivity contribution is 0.740. The quantitative estimate of drug-likeness (QED) is 0.366. The number of hydrogen-bond donors (Lipinski definition) is 0. The van der Waals surface area contributed by atoms with Crippen molar-refractivity contribution in [2.45, 2.75) is 54.0 Å². The molecule has 1 heteroatoms. The second kappa shape index (κ2) is 9.08. The van der Waals surface area contributed by atoms with Gasteiger partial charge in [0, 0.05) is 5.92 Å². The van der Waals surface area contributed by atoms with E-state index in [2.05, 4.69) is 115 Å². The highest BCUT2D eigenvalue weighted by Crippen LogP contribution is 2.49. The summed E-state index contributed by atoms with van der Waals surface area (Å²) in [6, 6.07) is 25.1. The third-order valence-corrected chi connectivity index (χ3v) is 8.64. The maximum absolute atomic E-state index is 2.39. The zero-order valence-corrected chi connectivity index (χ0v) is 21.5. The van der Waals surface area contributed by atoms with Crippen LogP contribution in [0.4, 0.5) is 0 Å². The normalized spacial score (nSPS) is 17.3. The average Bonchev–Trinajstić information content (AvgIpc) is 2.96. The first-order valence-electron chi connectivity index (χ1n) is 11.6. The van der Waals surface area contributed by atoms with Gasteiger partial charge in [0.1, 0.15) is 0 Å². The third-order valence-electron chi connectivity index (χ3n) is 7.06. The maximum atomic E-state index is 2.39. The van der Waals surface area contributed by atoms with Crippen LogP contribution in [0.5, 0.6) is 0 Å². The molecule has 4 rings (SSSR count). The molecule has 0 aromatic heterocycles. The van der Waals surface area contributed by atoms with Gasteiger partial charge in [-0.3, -0.25) is 0 Å². The SMILES string of the molecule is CC1=C(C)C(C([Si]c2cc(C)cc(C)c2)c2ccc(C)cc2C)C(c2ccccc2)=C1C. The van der Waals surface area contributed by atoms with Crippen LogP contribution in [0.1, 0.15) is 59.7 Å². The van der Waals surface area contributed by atoms with Crippen LogP contribution < -0.4 is 5.19 Å². The summed E-state index contributed by atoms with van der Waals surface area (Å²) in [6.07, 6.45) is 0. The first-order valence-corrected chi connectivity index (χ1v) is 12.7. The summed E-state index contributed by atoms with van der Waals surface area (Å²) in [5, 5.41) is 1.47. The van der Waals surface area contributed by atoms with Gasteiger partial charge in [0.2, 0.25) is 0 Å². The molecule has 0 bridgehead atoms. The van der Waals surface area contributed by atoms with Crippen molar-refractivity contribution < 1.29 is 0 Å². The Labute approximate surface area is 196 Å². The summed E-state index contributed by atoms with van der Waals surface area (Å²) in [7, 11) is 0.721. The van der Waals surface area contributed by atoms with E-state index in [1.54, 1.807) is 0 Å². The number of aryl methyl sites for hydroxylation is 4.